The molecule has 1 aromatic rings. The summed E-state index contributed by atoms with van der Waals surface area (Å²) in [6.45, 7) is 0. The number of nitrogens with two attached hydrogens (primary N) is 1. The summed E-state index contributed by atoms with van der Waals surface area (Å²) in [5.74, 6) is -9.57. The van der Waals surface area contributed by atoms with Crippen molar-refractivity contribution in [3.05, 3.63) is 34.4 Å². The average Bonchev–Trinajstić information content (AvgIpc) is 2.15. The predicted octanol–water partition coefficient (Wildman–Crippen LogP) is 1.21. The standard InChI is InChI=1S/C8H2F4N2O/c9-4-2(1-13)5(10)7(12)6(11)3(4)8(14)15/h(H2,14,15). The van der Waals surface area contributed by atoms with E-state index < -0.39 is 40.3 Å². The molecule has 7 heteroatoms. The van der Waals surface area contributed by atoms with Crippen molar-refractivity contribution in [1.29, 1.82) is 5.26 Å². The maximum Gasteiger partial charge on any atom is 0.254 e. The van der Waals surface area contributed by atoms with E-state index in [0.29, 0.717) is 0 Å². The second-order valence-corrected chi connectivity index (χ2v) is 2.48. The van der Waals surface area contributed by atoms with Crippen molar-refractivity contribution in [2.24, 2.45) is 5.73 Å². The van der Waals surface area contributed by atoms with E-state index in [1.165, 1.54) is 0 Å². The third-order valence-corrected chi connectivity index (χ3v) is 1.62. The van der Waals surface area contributed by atoms with E-state index in [4.69, 9.17) is 5.26 Å². The second-order valence-electron chi connectivity index (χ2n) is 2.48. The Hall–Kier alpha value is -2.10. The quantitative estimate of drug-likeness (QED) is 0.437. The number of amides is 1. The minimum Gasteiger partial charge on any atom is -0.365 e. The lowest BCUT2D eigenvalue weighted by Gasteiger charge is -2.04. The van der Waals surface area contributed by atoms with Crippen LogP contribution in [-0.2, 0) is 0 Å². The molecular weight excluding hydrogens is 216 g/mol. The van der Waals surface area contributed by atoms with E-state index in [9.17, 15) is 22.4 Å². The maximum absolute atomic E-state index is 13.1. The number of carbonyl (C=O) groups is 1. The number of nitriles is 1. The molecule has 0 aliphatic rings. The van der Waals surface area contributed by atoms with Gasteiger partial charge in [-0.05, 0) is 0 Å². The molecule has 0 saturated carbocycles. The lowest BCUT2D eigenvalue weighted by Crippen LogP contribution is -2.19. The van der Waals surface area contributed by atoms with Crippen molar-refractivity contribution in [3.63, 3.8) is 0 Å². The highest BCUT2D eigenvalue weighted by atomic mass is 19.2. The Bertz CT molecular complexity index is 493. The molecule has 0 saturated heterocycles. The van der Waals surface area contributed by atoms with Gasteiger partial charge in [0.1, 0.15) is 17.2 Å². The van der Waals surface area contributed by atoms with Gasteiger partial charge in [-0.15, -0.1) is 0 Å². The first-order chi connectivity index (χ1) is 6.91. The molecule has 0 heterocycles. The highest BCUT2D eigenvalue weighted by Gasteiger charge is 2.27. The molecule has 1 rings (SSSR count). The van der Waals surface area contributed by atoms with Gasteiger partial charge in [0.2, 0.25) is 0 Å². The number of nitrogens with zero attached hydrogens (tertiary/aromatic N) is 1. The van der Waals surface area contributed by atoms with Crippen molar-refractivity contribution in [3.8, 4) is 6.07 Å². The topological polar surface area (TPSA) is 66.9 Å². The van der Waals surface area contributed by atoms with Crippen LogP contribution in [0.4, 0.5) is 17.6 Å². The van der Waals surface area contributed by atoms with E-state index in [2.05, 4.69) is 5.73 Å². The van der Waals surface area contributed by atoms with Crippen molar-refractivity contribution in [1.82, 2.24) is 0 Å². The van der Waals surface area contributed by atoms with Gasteiger partial charge in [-0.3, -0.25) is 4.79 Å². The smallest absolute Gasteiger partial charge is 0.254 e. The molecule has 0 aromatic heterocycles. The lowest BCUT2D eigenvalue weighted by atomic mass is 10.1. The van der Waals surface area contributed by atoms with Crippen molar-refractivity contribution >= 4 is 5.91 Å². The van der Waals surface area contributed by atoms with E-state index in [-0.39, 0.29) is 0 Å². The summed E-state index contributed by atoms with van der Waals surface area (Å²) < 4.78 is 51.3. The van der Waals surface area contributed by atoms with Crippen molar-refractivity contribution in [2.75, 3.05) is 0 Å². The third kappa shape index (κ3) is 1.50. The summed E-state index contributed by atoms with van der Waals surface area (Å²) >= 11 is 0. The molecule has 0 atom stereocenters. The molecule has 1 amide bonds. The molecule has 0 spiro atoms. The van der Waals surface area contributed by atoms with E-state index in [0.717, 1.165) is 6.07 Å². The van der Waals surface area contributed by atoms with Gasteiger partial charge >= 0.3 is 0 Å². The zero-order valence-electron chi connectivity index (χ0n) is 6.94. The van der Waals surface area contributed by atoms with Gasteiger partial charge in [-0.2, -0.15) is 5.26 Å². The minimum absolute atomic E-state index is 0.962. The summed E-state index contributed by atoms with van der Waals surface area (Å²) in [5, 5.41) is 8.25. The number of carbonyl (C=O) groups excluding carboxylic acids is 1. The number of hydrogen-bond donors (Lipinski definition) is 1. The van der Waals surface area contributed by atoms with Crippen molar-refractivity contribution < 1.29 is 22.4 Å². The molecule has 3 nitrogen and oxygen atoms in total. The Balaban J connectivity index is 3.78. The number of rotatable bonds is 1. The maximum atomic E-state index is 13.1. The van der Waals surface area contributed by atoms with Crippen molar-refractivity contribution in [2.45, 2.75) is 0 Å². The van der Waals surface area contributed by atoms with Crippen LogP contribution < -0.4 is 5.73 Å². The molecular formula is C8H2F4N2O. The molecule has 0 fully saturated rings. The number of benzene rings is 1. The largest absolute Gasteiger partial charge is 0.365 e. The van der Waals surface area contributed by atoms with E-state index >= 15 is 0 Å². The van der Waals surface area contributed by atoms with Gasteiger partial charge in [0.25, 0.3) is 5.91 Å². The Morgan fingerprint density at radius 2 is 1.60 bits per heavy atom. The third-order valence-electron chi connectivity index (χ3n) is 1.62. The van der Waals surface area contributed by atoms with E-state index in [1.807, 2.05) is 0 Å². The lowest BCUT2D eigenvalue weighted by molar-refractivity contribution is 0.0990. The Labute approximate surface area is 80.7 Å². The molecule has 0 unspecified atom stereocenters. The molecule has 78 valence electrons. The summed E-state index contributed by atoms with van der Waals surface area (Å²) in [5.41, 5.74) is 1.69. The fourth-order valence-corrected chi connectivity index (χ4v) is 0.948. The Kier molecular flexibility index (Phi) is 2.61. The highest BCUT2D eigenvalue weighted by molar-refractivity contribution is 5.93. The molecule has 2 N–H and O–H groups in total. The molecule has 0 radical (unpaired) electrons. The molecule has 1 aromatic carbocycles. The molecule has 0 aliphatic heterocycles. The highest BCUT2D eigenvalue weighted by Crippen LogP contribution is 2.23. The first-order valence-corrected chi connectivity index (χ1v) is 3.47. The van der Waals surface area contributed by atoms with Crippen LogP contribution in [0, 0.1) is 34.6 Å². The summed E-state index contributed by atoms with van der Waals surface area (Å²) in [6, 6.07) is 0.962. The second kappa shape index (κ2) is 3.57. The van der Waals surface area contributed by atoms with Crippen LogP contribution in [0.3, 0.4) is 0 Å². The summed E-state index contributed by atoms with van der Waals surface area (Å²) in [6.07, 6.45) is 0. The van der Waals surface area contributed by atoms with Gasteiger partial charge in [0, 0.05) is 0 Å². The SMILES string of the molecule is N#Cc1c(F)c(F)c(F)c(C(N)=O)c1F. The number of halogens is 4. The van der Waals surface area contributed by atoms with Crippen LogP contribution in [0.15, 0.2) is 0 Å². The minimum atomic E-state index is -2.11. The first kappa shape index (κ1) is 11.0. The number of hydrogen-bond acceptors (Lipinski definition) is 2. The normalized spacial score (nSPS) is 9.80. The number of primary amides is 1. The Morgan fingerprint density at radius 3 is 2.00 bits per heavy atom. The molecule has 0 bridgehead atoms. The fraction of sp³-hybridized carbons (Fsp3) is 0. The first-order valence-electron chi connectivity index (χ1n) is 3.47. The van der Waals surface area contributed by atoms with Crippen LogP contribution in [0.5, 0.6) is 0 Å². The molecule has 15 heavy (non-hydrogen) atoms. The zero-order chi connectivity index (χ0) is 11.7. The Morgan fingerprint density at radius 1 is 1.07 bits per heavy atom. The van der Waals surface area contributed by atoms with Crippen LogP contribution in [0.2, 0.25) is 0 Å². The van der Waals surface area contributed by atoms with Gasteiger partial charge in [-0.1, -0.05) is 0 Å². The summed E-state index contributed by atoms with van der Waals surface area (Å²) in [4.78, 5) is 10.5. The molecule has 0 aliphatic carbocycles. The summed E-state index contributed by atoms with van der Waals surface area (Å²) in [7, 11) is 0. The average molecular weight is 218 g/mol. The van der Waals surface area contributed by atoms with Gasteiger partial charge in [-0.25, -0.2) is 17.6 Å². The van der Waals surface area contributed by atoms with Crippen LogP contribution in [-0.4, -0.2) is 5.91 Å². The fourth-order valence-electron chi connectivity index (χ4n) is 0.948. The van der Waals surface area contributed by atoms with Crippen LogP contribution in [0.1, 0.15) is 15.9 Å². The van der Waals surface area contributed by atoms with Gasteiger partial charge in [0.15, 0.2) is 23.3 Å². The van der Waals surface area contributed by atoms with Crippen LogP contribution >= 0.6 is 0 Å². The predicted molar refractivity (Wildman–Crippen MR) is 39.5 cm³/mol. The van der Waals surface area contributed by atoms with E-state index in [1.54, 1.807) is 0 Å². The van der Waals surface area contributed by atoms with Gasteiger partial charge in [0.05, 0.1) is 0 Å². The monoisotopic (exact) mass is 218 g/mol. The van der Waals surface area contributed by atoms with Crippen LogP contribution in [0.25, 0.3) is 0 Å². The van der Waals surface area contributed by atoms with Gasteiger partial charge < -0.3 is 5.73 Å². The zero-order valence-corrected chi connectivity index (χ0v) is 6.94.